The summed E-state index contributed by atoms with van der Waals surface area (Å²) < 4.78 is 2.01. The molecule has 0 saturated carbocycles. The molecular weight excluding hydrogens is 378 g/mol. The first-order chi connectivity index (χ1) is 14.6. The lowest BCUT2D eigenvalue weighted by Gasteiger charge is -2.30. The van der Waals surface area contributed by atoms with E-state index < -0.39 is 0 Å². The van der Waals surface area contributed by atoms with E-state index in [1.807, 2.05) is 29.7 Å². The fourth-order valence-corrected chi connectivity index (χ4v) is 4.49. The number of aromatic amines is 1. The zero-order valence-electron chi connectivity index (χ0n) is 17.1. The number of pyridine rings is 1. The molecule has 154 valence electrons. The van der Waals surface area contributed by atoms with E-state index in [4.69, 9.17) is 0 Å². The summed E-state index contributed by atoms with van der Waals surface area (Å²) in [5.41, 5.74) is 3.45. The molecule has 5 rings (SSSR count). The third kappa shape index (κ3) is 3.13. The first kappa shape index (κ1) is 18.7. The van der Waals surface area contributed by atoms with Gasteiger partial charge in [0.1, 0.15) is 11.8 Å². The van der Waals surface area contributed by atoms with Gasteiger partial charge in [-0.2, -0.15) is 0 Å². The van der Waals surface area contributed by atoms with E-state index in [0.717, 1.165) is 48.0 Å². The molecule has 1 aliphatic heterocycles. The SMILES string of the molecule is Cc1cccc2cc(C(C)Nc3ncnc4[nH]cnc34)n(C3CCNCC3)c(=O)c12. The Hall–Kier alpha value is -3.26. The van der Waals surface area contributed by atoms with Gasteiger partial charge in [0.25, 0.3) is 5.56 Å². The van der Waals surface area contributed by atoms with Gasteiger partial charge >= 0.3 is 0 Å². The second-order valence-corrected chi connectivity index (χ2v) is 7.95. The van der Waals surface area contributed by atoms with Crippen LogP contribution in [-0.4, -0.2) is 37.6 Å². The Morgan fingerprint density at radius 2 is 2.03 bits per heavy atom. The van der Waals surface area contributed by atoms with Crippen LogP contribution < -0.4 is 16.2 Å². The van der Waals surface area contributed by atoms with Gasteiger partial charge in [-0.1, -0.05) is 18.2 Å². The summed E-state index contributed by atoms with van der Waals surface area (Å²) in [6.45, 7) is 5.91. The Morgan fingerprint density at radius 3 is 2.87 bits per heavy atom. The molecule has 0 aliphatic carbocycles. The minimum Gasteiger partial charge on any atom is -0.360 e. The molecule has 1 atom stereocenters. The van der Waals surface area contributed by atoms with Gasteiger partial charge in [0.2, 0.25) is 0 Å². The predicted octanol–water partition coefficient (Wildman–Crippen LogP) is 3.07. The molecule has 4 heterocycles. The highest BCUT2D eigenvalue weighted by Crippen LogP contribution is 2.28. The van der Waals surface area contributed by atoms with Gasteiger partial charge in [-0.15, -0.1) is 0 Å². The van der Waals surface area contributed by atoms with Gasteiger partial charge < -0.3 is 20.2 Å². The van der Waals surface area contributed by atoms with Crippen molar-refractivity contribution in [1.82, 2.24) is 29.8 Å². The molecule has 1 saturated heterocycles. The first-order valence-electron chi connectivity index (χ1n) is 10.4. The van der Waals surface area contributed by atoms with Crippen molar-refractivity contribution in [3.05, 3.63) is 58.5 Å². The Kier molecular flexibility index (Phi) is 4.71. The van der Waals surface area contributed by atoms with Crippen LogP contribution in [0.1, 0.15) is 43.1 Å². The molecule has 30 heavy (non-hydrogen) atoms. The average Bonchev–Trinajstić information content (AvgIpc) is 3.24. The highest BCUT2D eigenvalue weighted by atomic mass is 16.1. The summed E-state index contributed by atoms with van der Waals surface area (Å²) in [5.74, 6) is 0.655. The fraction of sp³-hybridized carbons (Fsp3) is 0.364. The lowest BCUT2D eigenvalue weighted by Crippen LogP contribution is -2.37. The van der Waals surface area contributed by atoms with E-state index in [0.29, 0.717) is 17.0 Å². The van der Waals surface area contributed by atoms with E-state index in [9.17, 15) is 4.79 Å². The standard InChI is InChI=1S/C22H25N7O/c1-13-4-3-5-15-10-17(29(22(30)18(13)15)16-6-8-23-9-7-16)14(2)28-21-19-20(25-11-24-19)26-12-27-21/h3-5,10-12,14,16,23H,6-9H2,1-2H3,(H2,24,25,26,27,28). The molecule has 8 heteroatoms. The molecule has 0 radical (unpaired) electrons. The molecule has 1 aliphatic rings. The maximum atomic E-state index is 13.7. The highest BCUT2D eigenvalue weighted by molar-refractivity contribution is 5.85. The third-order valence-corrected chi connectivity index (χ3v) is 6.01. The summed E-state index contributed by atoms with van der Waals surface area (Å²) in [5, 5.41) is 8.65. The van der Waals surface area contributed by atoms with Crippen molar-refractivity contribution in [1.29, 1.82) is 0 Å². The maximum absolute atomic E-state index is 13.7. The van der Waals surface area contributed by atoms with Crippen molar-refractivity contribution in [2.24, 2.45) is 0 Å². The number of imidazole rings is 1. The van der Waals surface area contributed by atoms with Crippen molar-refractivity contribution < 1.29 is 0 Å². The summed E-state index contributed by atoms with van der Waals surface area (Å²) in [6, 6.07) is 8.22. The van der Waals surface area contributed by atoms with Crippen LogP contribution in [0.2, 0.25) is 0 Å². The van der Waals surface area contributed by atoms with Crippen LogP contribution in [0.4, 0.5) is 5.82 Å². The van der Waals surface area contributed by atoms with Crippen molar-refractivity contribution in [3.63, 3.8) is 0 Å². The number of hydrogen-bond acceptors (Lipinski definition) is 6. The summed E-state index contributed by atoms with van der Waals surface area (Å²) in [4.78, 5) is 29.6. The molecule has 4 aromatic rings. The number of anilines is 1. The minimum atomic E-state index is -0.132. The van der Waals surface area contributed by atoms with Crippen molar-refractivity contribution in [3.8, 4) is 0 Å². The number of benzene rings is 1. The Morgan fingerprint density at radius 1 is 1.20 bits per heavy atom. The van der Waals surface area contributed by atoms with Gasteiger partial charge in [0.05, 0.1) is 17.8 Å². The van der Waals surface area contributed by atoms with Gasteiger partial charge in [-0.05, 0) is 56.8 Å². The topological polar surface area (TPSA) is 101 Å². The molecule has 0 bridgehead atoms. The molecule has 1 fully saturated rings. The normalized spacial score (nSPS) is 16.2. The molecule has 3 aromatic heterocycles. The van der Waals surface area contributed by atoms with Crippen LogP contribution in [0, 0.1) is 6.92 Å². The number of hydrogen-bond donors (Lipinski definition) is 3. The number of aromatic nitrogens is 5. The van der Waals surface area contributed by atoms with Gasteiger partial charge in [0, 0.05) is 11.7 Å². The second kappa shape index (κ2) is 7.53. The zero-order chi connectivity index (χ0) is 20.7. The molecule has 8 nitrogen and oxygen atoms in total. The summed E-state index contributed by atoms with van der Waals surface area (Å²) in [7, 11) is 0. The second-order valence-electron chi connectivity index (χ2n) is 7.95. The maximum Gasteiger partial charge on any atom is 0.259 e. The van der Waals surface area contributed by atoms with Crippen LogP contribution >= 0.6 is 0 Å². The van der Waals surface area contributed by atoms with Gasteiger partial charge in [0.15, 0.2) is 11.5 Å². The number of rotatable bonds is 4. The molecule has 1 unspecified atom stereocenters. The lowest BCUT2D eigenvalue weighted by molar-refractivity contribution is 0.351. The van der Waals surface area contributed by atoms with E-state index in [1.54, 1.807) is 6.33 Å². The number of aryl methyl sites for hydroxylation is 1. The van der Waals surface area contributed by atoms with Crippen LogP contribution in [0.15, 0.2) is 41.7 Å². The zero-order valence-corrected chi connectivity index (χ0v) is 17.1. The molecule has 1 aromatic carbocycles. The molecular formula is C22H25N7O. The van der Waals surface area contributed by atoms with E-state index in [2.05, 4.69) is 43.6 Å². The van der Waals surface area contributed by atoms with Crippen molar-refractivity contribution in [2.45, 2.75) is 38.8 Å². The van der Waals surface area contributed by atoms with Crippen LogP contribution in [0.25, 0.3) is 21.9 Å². The Labute approximate surface area is 173 Å². The molecule has 0 amide bonds. The number of H-pyrrole nitrogens is 1. The largest absolute Gasteiger partial charge is 0.360 e. The average molecular weight is 403 g/mol. The Balaban J connectivity index is 1.65. The van der Waals surface area contributed by atoms with Gasteiger partial charge in [-0.25, -0.2) is 15.0 Å². The lowest BCUT2D eigenvalue weighted by atomic mass is 10.0. The number of fused-ring (bicyclic) bond motifs is 2. The fourth-order valence-electron chi connectivity index (χ4n) is 4.49. The van der Waals surface area contributed by atoms with Crippen LogP contribution in [0.3, 0.4) is 0 Å². The quantitative estimate of drug-likeness (QED) is 0.484. The van der Waals surface area contributed by atoms with E-state index in [1.165, 1.54) is 6.33 Å². The number of nitrogens with one attached hydrogen (secondary N) is 3. The van der Waals surface area contributed by atoms with E-state index >= 15 is 0 Å². The predicted molar refractivity (Wildman–Crippen MR) is 118 cm³/mol. The minimum absolute atomic E-state index is 0.0914. The number of piperidine rings is 1. The monoisotopic (exact) mass is 403 g/mol. The number of nitrogens with zero attached hydrogens (tertiary/aromatic N) is 4. The highest BCUT2D eigenvalue weighted by Gasteiger charge is 2.24. The molecule has 0 spiro atoms. The van der Waals surface area contributed by atoms with Crippen LogP contribution in [0.5, 0.6) is 0 Å². The third-order valence-electron chi connectivity index (χ3n) is 6.01. The summed E-state index contributed by atoms with van der Waals surface area (Å²) >= 11 is 0. The van der Waals surface area contributed by atoms with Crippen molar-refractivity contribution >= 4 is 27.8 Å². The smallest absolute Gasteiger partial charge is 0.259 e. The van der Waals surface area contributed by atoms with Gasteiger partial charge in [-0.3, -0.25) is 4.79 Å². The Bertz CT molecular complexity index is 1270. The molecule has 3 N–H and O–H groups in total. The van der Waals surface area contributed by atoms with E-state index in [-0.39, 0.29) is 17.6 Å². The summed E-state index contributed by atoms with van der Waals surface area (Å²) in [6.07, 6.45) is 5.00. The van der Waals surface area contributed by atoms with Crippen LogP contribution in [-0.2, 0) is 0 Å². The van der Waals surface area contributed by atoms with Crippen molar-refractivity contribution in [2.75, 3.05) is 18.4 Å². The first-order valence-corrected chi connectivity index (χ1v) is 10.4.